The van der Waals surface area contributed by atoms with Gasteiger partial charge in [0.05, 0.1) is 5.69 Å². The van der Waals surface area contributed by atoms with Crippen LogP contribution in [0.2, 0.25) is 0 Å². The maximum absolute atomic E-state index is 11.2. The van der Waals surface area contributed by atoms with Crippen LogP contribution in [0.1, 0.15) is 28.4 Å². The van der Waals surface area contributed by atoms with E-state index in [0.29, 0.717) is 0 Å². The Morgan fingerprint density at radius 1 is 1.31 bits per heavy atom. The highest BCUT2D eigenvalue weighted by atomic mass is 16.1. The fourth-order valence-corrected chi connectivity index (χ4v) is 1.35. The average molecular weight is 175 g/mol. The van der Waals surface area contributed by atoms with Gasteiger partial charge in [0.25, 0.3) is 0 Å². The van der Waals surface area contributed by atoms with Crippen LogP contribution in [0.3, 0.4) is 0 Å². The first-order valence-electron chi connectivity index (χ1n) is 4.15. The summed E-state index contributed by atoms with van der Waals surface area (Å²) in [5.74, 6) is 0.0937. The fourth-order valence-electron chi connectivity index (χ4n) is 1.35. The minimum atomic E-state index is 0.0937. The number of nitrogens with zero attached hydrogens (tertiary/aromatic N) is 1. The van der Waals surface area contributed by atoms with Crippen molar-refractivity contribution in [3.05, 3.63) is 28.8 Å². The van der Waals surface area contributed by atoms with E-state index in [2.05, 4.69) is 11.7 Å². The van der Waals surface area contributed by atoms with E-state index in [-0.39, 0.29) is 5.78 Å². The highest BCUT2D eigenvalue weighted by molar-refractivity contribution is 5.96. The van der Waals surface area contributed by atoms with Gasteiger partial charge in [0, 0.05) is 5.56 Å². The number of Topliss-reactive ketones (excluding diaryl/α,β-unsaturated/α-hetero) is 1. The molecule has 0 saturated heterocycles. The number of hydrogen-bond acceptors (Lipinski definition) is 2. The molecule has 2 heteroatoms. The van der Waals surface area contributed by atoms with Crippen LogP contribution in [0.5, 0.6) is 0 Å². The summed E-state index contributed by atoms with van der Waals surface area (Å²) in [5.41, 5.74) is 3.57. The molecule has 0 aliphatic carbocycles. The quantitative estimate of drug-likeness (QED) is 0.502. The molecular weight excluding hydrogens is 162 g/mol. The van der Waals surface area contributed by atoms with Crippen LogP contribution >= 0.6 is 0 Å². The molecule has 13 heavy (non-hydrogen) atoms. The molecule has 0 fully saturated rings. The van der Waals surface area contributed by atoms with Crippen molar-refractivity contribution in [3.8, 4) is 0 Å². The summed E-state index contributed by atoms with van der Waals surface area (Å²) in [6.45, 7) is 8.88. The van der Waals surface area contributed by atoms with Crippen molar-refractivity contribution in [1.82, 2.24) is 0 Å². The summed E-state index contributed by atoms with van der Waals surface area (Å²) in [7, 11) is 0. The van der Waals surface area contributed by atoms with E-state index in [9.17, 15) is 4.79 Å². The normalized spacial score (nSPS) is 9.77. The number of aryl methyl sites for hydroxylation is 2. The minimum absolute atomic E-state index is 0.0937. The zero-order valence-electron chi connectivity index (χ0n) is 8.22. The van der Waals surface area contributed by atoms with Crippen molar-refractivity contribution in [2.45, 2.75) is 20.8 Å². The predicted octanol–water partition coefficient (Wildman–Crippen LogP) is 2.84. The molecule has 0 saturated carbocycles. The third kappa shape index (κ3) is 1.83. The lowest BCUT2D eigenvalue weighted by Gasteiger charge is -2.06. The van der Waals surface area contributed by atoms with E-state index in [1.165, 1.54) is 0 Å². The maximum atomic E-state index is 11.2. The first-order valence-corrected chi connectivity index (χ1v) is 4.15. The van der Waals surface area contributed by atoms with Crippen molar-refractivity contribution in [2.75, 3.05) is 0 Å². The van der Waals surface area contributed by atoms with Gasteiger partial charge >= 0.3 is 0 Å². The topological polar surface area (TPSA) is 29.4 Å². The van der Waals surface area contributed by atoms with Crippen molar-refractivity contribution >= 4 is 18.2 Å². The molecule has 0 radical (unpaired) electrons. The summed E-state index contributed by atoms with van der Waals surface area (Å²) in [6.07, 6.45) is 0. The Morgan fingerprint density at radius 3 is 2.38 bits per heavy atom. The maximum Gasteiger partial charge on any atom is 0.160 e. The van der Waals surface area contributed by atoms with Gasteiger partial charge in [0.2, 0.25) is 0 Å². The van der Waals surface area contributed by atoms with Crippen LogP contribution in [0.25, 0.3) is 0 Å². The Hall–Kier alpha value is -1.44. The highest BCUT2D eigenvalue weighted by Crippen LogP contribution is 2.22. The number of rotatable bonds is 2. The fraction of sp³-hybridized carbons (Fsp3) is 0.273. The summed E-state index contributed by atoms with van der Waals surface area (Å²) in [5, 5.41) is 0. The molecule has 0 spiro atoms. The van der Waals surface area contributed by atoms with Gasteiger partial charge < -0.3 is 0 Å². The molecule has 0 N–H and O–H groups in total. The molecule has 0 atom stereocenters. The van der Waals surface area contributed by atoms with Crippen LogP contribution in [-0.2, 0) is 0 Å². The zero-order chi connectivity index (χ0) is 10.0. The van der Waals surface area contributed by atoms with E-state index >= 15 is 0 Å². The van der Waals surface area contributed by atoms with Gasteiger partial charge in [-0.1, -0.05) is 0 Å². The number of aliphatic imine (C=N–C) groups is 1. The van der Waals surface area contributed by atoms with Gasteiger partial charge in [0.15, 0.2) is 5.78 Å². The van der Waals surface area contributed by atoms with Crippen molar-refractivity contribution in [3.63, 3.8) is 0 Å². The SMILES string of the molecule is C=Nc1cc(C)c(C(C)=O)cc1C. The molecule has 2 nitrogen and oxygen atoms in total. The van der Waals surface area contributed by atoms with Crippen LogP contribution in [0.15, 0.2) is 17.1 Å². The lowest BCUT2D eigenvalue weighted by Crippen LogP contribution is -1.96. The monoisotopic (exact) mass is 175 g/mol. The Bertz CT molecular complexity index is 367. The Balaban J connectivity index is 3.36. The summed E-state index contributed by atoms with van der Waals surface area (Å²) in [6, 6.07) is 3.75. The van der Waals surface area contributed by atoms with E-state index in [4.69, 9.17) is 0 Å². The van der Waals surface area contributed by atoms with Crippen LogP contribution < -0.4 is 0 Å². The second kappa shape index (κ2) is 3.52. The van der Waals surface area contributed by atoms with Crippen LogP contribution in [-0.4, -0.2) is 12.5 Å². The molecule has 0 aliphatic rings. The van der Waals surface area contributed by atoms with Crippen molar-refractivity contribution in [1.29, 1.82) is 0 Å². The van der Waals surface area contributed by atoms with Gasteiger partial charge in [-0.15, -0.1) is 0 Å². The van der Waals surface area contributed by atoms with E-state index in [0.717, 1.165) is 22.4 Å². The number of carbonyl (C=O) groups excluding carboxylic acids is 1. The van der Waals surface area contributed by atoms with Gasteiger partial charge in [0.1, 0.15) is 0 Å². The third-order valence-electron chi connectivity index (χ3n) is 2.09. The Labute approximate surface area is 78.3 Å². The predicted molar refractivity (Wildman–Crippen MR) is 55.1 cm³/mol. The second-order valence-corrected chi connectivity index (χ2v) is 3.17. The summed E-state index contributed by atoms with van der Waals surface area (Å²) < 4.78 is 0. The minimum Gasteiger partial charge on any atom is -0.295 e. The zero-order valence-corrected chi connectivity index (χ0v) is 8.22. The Kier molecular flexibility index (Phi) is 2.61. The third-order valence-corrected chi connectivity index (χ3v) is 2.09. The second-order valence-electron chi connectivity index (χ2n) is 3.17. The number of carbonyl (C=O) groups is 1. The molecule has 68 valence electrons. The van der Waals surface area contributed by atoms with Gasteiger partial charge in [-0.3, -0.25) is 9.79 Å². The molecule has 0 bridgehead atoms. The first kappa shape index (κ1) is 9.65. The molecule has 0 unspecified atom stereocenters. The molecule has 0 aliphatic heterocycles. The highest BCUT2D eigenvalue weighted by Gasteiger charge is 2.06. The standard InChI is InChI=1S/C11H13NO/c1-7-6-11(12-4)8(2)5-10(7)9(3)13/h5-6H,4H2,1-3H3. The number of ketones is 1. The molecule has 1 aromatic rings. The van der Waals surface area contributed by atoms with Crippen molar-refractivity contribution in [2.24, 2.45) is 4.99 Å². The van der Waals surface area contributed by atoms with Crippen LogP contribution in [0, 0.1) is 13.8 Å². The Morgan fingerprint density at radius 2 is 1.92 bits per heavy atom. The van der Waals surface area contributed by atoms with E-state index < -0.39 is 0 Å². The number of benzene rings is 1. The smallest absolute Gasteiger partial charge is 0.160 e. The summed E-state index contributed by atoms with van der Waals surface area (Å²) >= 11 is 0. The van der Waals surface area contributed by atoms with Crippen LogP contribution in [0.4, 0.5) is 5.69 Å². The lowest BCUT2D eigenvalue weighted by molar-refractivity contribution is 0.101. The largest absolute Gasteiger partial charge is 0.295 e. The molecule has 0 aromatic heterocycles. The lowest BCUT2D eigenvalue weighted by atomic mass is 10.0. The first-order chi connectivity index (χ1) is 6.06. The molecule has 1 aromatic carbocycles. The van der Waals surface area contributed by atoms with E-state index in [1.54, 1.807) is 6.92 Å². The van der Waals surface area contributed by atoms with Crippen molar-refractivity contribution < 1.29 is 4.79 Å². The molecule has 0 heterocycles. The number of hydrogen-bond donors (Lipinski definition) is 0. The molecule has 0 amide bonds. The summed E-state index contributed by atoms with van der Waals surface area (Å²) in [4.78, 5) is 15.0. The van der Waals surface area contributed by atoms with Gasteiger partial charge in [-0.2, -0.15) is 0 Å². The van der Waals surface area contributed by atoms with Gasteiger partial charge in [-0.25, -0.2) is 0 Å². The van der Waals surface area contributed by atoms with Gasteiger partial charge in [-0.05, 0) is 50.7 Å². The van der Waals surface area contributed by atoms with E-state index in [1.807, 2.05) is 26.0 Å². The molecular formula is C11H13NO. The average Bonchev–Trinajstić information content (AvgIpc) is 2.07. The molecule has 1 rings (SSSR count).